The smallest absolute Gasteiger partial charge is 0.242 e. The Morgan fingerprint density at radius 3 is 2.29 bits per heavy atom. The third-order valence-electron chi connectivity index (χ3n) is 5.66. The van der Waals surface area contributed by atoms with Crippen LogP contribution in [0.5, 0.6) is 0 Å². The van der Waals surface area contributed by atoms with E-state index in [1.807, 2.05) is 26.0 Å². The summed E-state index contributed by atoms with van der Waals surface area (Å²) in [5.74, 6) is -0.445. The van der Waals surface area contributed by atoms with Crippen molar-refractivity contribution in [3.05, 3.63) is 63.6 Å². The van der Waals surface area contributed by atoms with Gasteiger partial charge < -0.3 is 10.2 Å². The average molecular weight is 543 g/mol. The van der Waals surface area contributed by atoms with Gasteiger partial charge in [0, 0.05) is 36.1 Å². The lowest BCUT2D eigenvalue weighted by atomic mass is 10.1. The molecule has 0 aromatic heterocycles. The Morgan fingerprint density at radius 1 is 1.06 bits per heavy atom. The number of carbonyl (C=O) groups is 2. The van der Waals surface area contributed by atoms with Crippen molar-refractivity contribution < 1.29 is 18.0 Å². The summed E-state index contributed by atoms with van der Waals surface area (Å²) in [5.41, 5.74) is 1.98. The largest absolute Gasteiger partial charge is 0.355 e. The molecule has 2 rings (SSSR count). The van der Waals surface area contributed by atoms with Crippen LogP contribution in [0, 0.1) is 6.92 Å². The Balaban J connectivity index is 2.23. The standard InChI is InChI=1S/C25H33Cl2N3O4S/c1-5-22(25(32)28-6-2)29(17-19-12-14-20(26)15-13-19)24(31)11-8-16-30(35(4,33)34)23-10-7-9-21(27)18(23)3/h7,9-10,12-15,22H,5-6,8,11,16-17H2,1-4H3,(H,28,32). The van der Waals surface area contributed by atoms with Crippen LogP contribution in [0.1, 0.15) is 44.2 Å². The number of halogens is 2. The van der Waals surface area contributed by atoms with E-state index >= 15 is 0 Å². The number of amides is 2. The molecule has 0 fully saturated rings. The number of anilines is 1. The van der Waals surface area contributed by atoms with Gasteiger partial charge in [-0.05, 0) is 62.1 Å². The second kappa shape index (κ2) is 13.1. The number of carbonyl (C=O) groups excluding carboxylic acids is 2. The first kappa shape index (κ1) is 28.9. The maximum Gasteiger partial charge on any atom is 0.242 e. The summed E-state index contributed by atoms with van der Waals surface area (Å²) in [6, 6.07) is 11.6. The molecule has 2 amide bonds. The van der Waals surface area contributed by atoms with Crippen LogP contribution in [0.25, 0.3) is 0 Å². The van der Waals surface area contributed by atoms with E-state index in [0.717, 1.165) is 11.8 Å². The number of nitrogens with one attached hydrogen (secondary N) is 1. The average Bonchev–Trinajstić information content (AvgIpc) is 2.79. The molecule has 1 unspecified atom stereocenters. The van der Waals surface area contributed by atoms with Crippen LogP contribution in [0.4, 0.5) is 5.69 Å². The number of hydrogen-bond donors (Lipinski definition) is 1. The van der Waals surface area contributed by atoms with Crippen LogP contribution in [0.15, 0.2) is 42.5 Å². The topological polar surface area (TPSA) is 86.8 Å². The molecule has 0 aliphatic rings. The minimum Gasteiger partial charge on any atom is -0.355 e. The quantitative estimate of drug-likeness (QED) is 0.418. The van der Waals surface area contributed by atoms with Crippen molar-refractivity contribution in [2.45, 2.75) is 52.6 Å². The molecule has 35 heavy (non-hydrogen) atoms. The first-order valence-corrected chi connectivity index (χ1v) is 14.1. The van der Waals surface area contributed by atoms with E-state index in [9.17, 15) is 18.0 Å². The van der Waals surface area contributed by atoms with Crippen molar-refractivity contribution in [1.82, 2.24) is 10.2 Å². The third kappa shape index (κ3) is 8.12. The highest BCUT2D eigenvalue weighted by Gasteiger charge is 2.28. The molecule has 0 aliphatic carbocycles. The Bertz CT molecular complexity index is 1120. The number of rotatable bonds is 12. The number of likely N-dealkylation sites (N-methyl/N-ethyl adjacent to an activating group) is 1. The van der Waals surface area contributed by atoms with Gasteiger partial charge in [0.2, 0.25) is 21.8 Å². The molecule has 192 valence electrons. The molecule has 1 N–H and O–H groups in total. The predicted molar refractivity (Wildman–Crippen MR) is 142 cm³/mol. The van der Waals surface area contributed by atoms with Crippen LogP contribution >= 0.6 is 23.2 Å². The van der Waals surface area contributed by atoms with Crippen molar-refractivity contribution in [3.63, 3.8) is 0 Å². The van der Waals surface area contributed by atoms with Crippen molar-refractivity contribution >= 4 is 50.7 Å². The Hall–Kier alpha value is -2.29. The number of hydrogen-bond acceptors (Lipinski definition) is 4. The lowest BCUT2D eigenvalue weighted by Gasteiger charge is -2.31. The van der Waals surface area contributed by atoms with E-state index in [-0.39, 0.29) is 37.7 Å². The summed E-state index contributed by atoms with van der Waals surface area (Å²) in [4.78, 5) is 27.6. The fraction of sp³-hybridized carbons (Fsp3) is 0.440. The fourth-order valence-electron chi connectivity index (χ4n) is 3.85. The Morgan fingerprint density at radius 2 is 1.71 bits per heavy atom. The minimum atomic E-state index is -3.60. The first-order valence-electron chi connectivity index (χ1n) is 11.5. The molecule has 0 saturated carbocycles. The number of sulfonamides is 1. The maximum atomic E-state index is 13.3. The van der Waals surface area contributed by atoms with Crippen molar-refractivity contribution in [3.8, 4) is 0 Å². The molecule has 2 aromatic rings. The molecule has 1 atom stereocenters. The zero-order valence-electron chi connectivity index (χ0n) is 20.6. The lowest BCUT2D eigenvalue weighted by molar-refractivity contribution is -0.141. The van der Waals surface area contributed by atoms with Crippen molar-refractivity contribution in [2.75, 3.05) is 23.7 Å². The molecule has 0 heterocycles. The van der Waals surface area contributed by atoms with Crippen LogP contribution in [0.2, 0.25) is 10.0 Å². The summed E-state index contributed by atoms with van der Waals surface area (Å²) in [7, 11) is -3.60. The van der Waals surface area contributed by atoms with Gasteiger partial charge in [0.1, 0.15) is 6.04 Å². The molecule has 7 nitrogen and oxygen atoms in total. The van der Waals surface area contributed by atoms with Gasteiger partial charge in [-0.1, -0.05) is 48.3 Å². The monoisotopic (exact) mass is 541 g/mol. The maximum absolute atomic E-state index is 13.3. The first-order chi connectivity index (χ1) is 16.5. The van der Waals surface area contributed by atoms with Crippen molar-refractivity contribution in [2.24, 2.45) is 0 Å². The van der Waals surface area contributed by atoms with Crippen LogP contribution < -0.4 is 9.62 Å². The van der Waals surface area contributed by atoms with Gasteiger partial charge >= 0.3 is 0 Å². The van der Waals surface area contributed by atoms with E-state index in [0.29, 0.717) is 34.3 Å². The summed E-state index contributed by atoms with van der Waals surface area (Å²) in [6.07, 6.45) is 1.93. The molecule has 0 radical (unpaired) electrons. The van der Waals surface area contributed by atoms with Gasteiger partial charge in [0.05, 0.1) is 11.9 Å². The molecular weight excluding hydrogens is 509 g/mol. The molecule has 10 heteroatoms. The number of benzene rings is 2. The highest BCUT2D eigenvalue weighted by molar-refractivity contribution is 7.92. The normalized spacial score (nSPS) is 12.2. The van der Waals surface area contributed by atoms with Gasteiger partial charge in [0.15, 0.2) is 0 Å². The summed E-state index contributed by atoms with van der Waals surface area (Å²) in [6.45, 7) is 6.25. The summed E-state index contributed by atoms with van der Waals surface area (Å²) in [5, 5.41) is 3.85. The van der Waals surface area contributed by atoms with E-state index in [4.69, 9.17) is 23.2 Å². The van der Waals surface area contributed by atoms with E-state index in [1.54, 1.807) is 42.2 Å². The summed E-state index contributed by atoms with van der Waals surface area (Å²) >= 11 is 12.2. The van der Waals surface area contributed by atoms with Gasteiger partial charge in [-0.25, -0.2) is 8.42 Å². The Labute approximate surface area is 218 Å². The van der Waals surface area contributed by atoms with Crippen LogP contribution in [-0.2, 0) is 26.2 Å². The van der Waals surface area contributed by atoms with Crippen LogP contribution in [0.3, 0.4) is 0 Å². The predicted octanol–water partition coefficient (Wildman–Crippen LogP) is 4.79. The van der Waals surface area contributed by atoms with E-state index < -0.39 is 16.1 Å². The molecular formula is C25H33Cl2N3O4S. The van der Waals surface area contributed by atoms with Gasteiger partial charge in [-0.2, -0.15) is 0 Å². The molecule has 0 spiro atoms. The van der Waals surface area contributed by atoms with E-state index in [2.05, 4.69) is 5.32 Å². The zero-order valence-corrected chi connectivity index (χ0v) is 22.9. The highest BCUT2D eigenvalue weighted by Crippen LogP contribution is 2.28. The zero-order chi connectivity index (χ0) is 26.2. The number of nitrogens with zero attached hydrogens (tertiary/aromatic N) is 2. The SMILES string of the molecule is CCNC(=O)C(CC)N(Cc1ccc(Cl)cc1)C(=O)CCCN(c1cccc(Cl)c1C)S(C)(=O)=O. The summed E-state index contributed by atoms with van der Waals surface area (Å²) < 4.78 is 26.3. The van der Waals surface area contributed by atoms with E-state index in [1.165, 1.54) is 4.31 Å². The molecule has 2 aromatic carbocycles. The molecule has 0 saturated heterocycles. The fourth-order valence-corrected chi connectivity index (χ4v) is 5.16. The Kier molecular flexibility index (Phi) is 10.9. The van der Waals surface area contributed by atoms with Crippen LogP contribution in [-0.4, -0.2) is 50.5 Å². The minimum absolute atomic E-state index is 0.0785. The highest BCUT2D eigenvalue weighted by atomic mass is 35.5. The van der Waals surface area contributed by atoms with Crippen molar-refractivity contribution in [1.29, 1.82) is 0 Å². The van der Waals surface area contributed by atoms with Gasteiger partial charge in [-0.15, -0.1) is 0 Å². The van der Waals surface area contributed by atoms with Gasteiger partial charge in [-0.3, -0.25) is 13.9 Å². The lowest BCUT2D eigenvalue weighted by Crippen LogP contribution is -2.49. The second-order valence-electron chi connectivity index (χ2n) is 8.29. The second-order valence-corrected chi connectivity index (χ2v) is 11.0. The molecule has 0 bridgehead atoms. The molecule has 0 aliphatic heterocycles. The van der Waals surface area contributed by atoms with Gasteiger partial charge in [0.25, 0.3) is 0 Å². The third-order valence-corrected chi connectivity index (χ3v) is 7.50.